The number of piperidine rings is 1. The summed E-state index contributed by atoms with van der Waals surface area (Å²) in [4.78, 5) is 25.1. The van der Waals surface area contributed by atoms with Crippen molar-refractivity contribution in [2.45, 2.75) is 26.2 Å². The molecule has 27 heavy (non-hydrogen) atoms. The second-order valence-electron chi connectivity index (χ2n) is 7.39. The standard InChI is InChI=1S/C21H27ClN4O/c1-16-23-12-19(13-24-16)21(27)25(2)14-18-4-3-10-26(15-18)11-9-17-5-7-20(22)8-6-17/h5-8,12-13,18H,3-4,9-11,14-15H2,1-2H3. The first-order valence-corrected chi connectivity index (χ1v) is 9.90. The van der Waals surface area contributed by atoms with Crippen LogP contribution in [0, 0.1) is 12.8 Å². The highest BCUT2D eigenvalue weighted by molar-refractivity contribution is 6.30. The molecule has 0 spiro atoms. The molecule has 5 nitrogen and oxygen atoms in total. The summed E-state index contributed by atoms with van der Waals surface area (Å²) in [5.74, 6) is 1.18. The predicted octanol–water partition coefficient (Wildman–Crippen LogP) is 3.47. The maximum atomic E-state index is 12.6. The van der Waals surface area contributed by atoms with Crippen molar-refractivity contribution < 1.29 is 4.79 Å². The largest absolute Gasteiger partial charge is 0.341 e. The maximum absolute atomic E-state index is 12.6. The van der Waals surface area contributed by atoms with Gasteiger partial charge in [0.2, 0.25) is 0 Å². The quantitative estimate of drug-likeness (QED) is 0.762. The van der Waals surface area contributed by atoms with Crippen molar-refractivity contribution in [2.75, 3.05) is 33.2 Å². The van der Waals surface area contributed by atoms with Crippen LogP contribution in [-0.4, -0.2) is 58.9 Å². The molecule has 2 heterocycles. The van der Waals surface area contributed by atoms with Crippen molar-refractivity contribution >= 4 is 17.5 Å². The molecule has 0 N–H and O–H groups in total. The Bertz CT molecular complexity index is 748. The van der Waals surface area contributed by atoms with E-state index in [0.29, 0.717) is 17.3 Å². The fourth-order valence-electron chi connectivity index (χ4n) is 3.64. The second kappa shape index (κ2) is 9.29. The van der Waals surface area contributed by atoms with E-state index in [1.165, 1.54) is 18.4 Å². The van der Waals surface area contributed by atoms with E-state index in [0.717, 1.165) is 37.6 Å². The van der Waals surface area contributed by atoms with Gasteiger partial charge in [0, 0.05) is 44.1 Å². The SMILES string of the molecule is Cc1ncc(C(=O)N(C)CC2CCCN(CCc3ccc(Cl)cc3)C2)cn1. The van der Waals surface area contributed by atoms with Crippen LogP contribution in [0.3, 0.4) is 0 Å². The molecule has 1 unspecified atom stereocenters. The molecule has 2 aromatic rings. The van der Waals surface area contributed by atoms with Crippen LogP contribution in [0.5, 0.6) is 0 Å². The van der Waals surface area contributed by atoms with Gasteiger partial charge in [-0.3, -0.25) is 4.79 Å². The number of hydrogen-bond donors (Lipinski definition) is 0. The molecule has 0 saturated carbocycles. The molecule has 1 aliphatic heterocycles. The first kappa shape index (κ1) is 19.8. The van der Waals surface area contributed by atoms with E-state index in [1.807, 2.05) is 26.1 Å². The third kappa shape index (κ3) is 5.75. The van der Waals surface area contributed by atoms with Crippen molar-refractivity contribution in [2.24, 2.45) is 5.92 Å². The highest BCUT2D eigenvalue weighted by Gasteiger charge is 2.23. The van der Waals surface area contributed by atoms with Crippen molar-refractivity contribution in [3.05, 3.63) is 58.6 Å². The van der Waals surface area contributed by atoms with Gasteiger partial charge in [-0.2, -0.15) is 0 Å². The van der Waals surface area contributed by atoms with E-state index in [1.54, 1.807) is 17.3 Å². The van der Waals surface area contributed by atoms with E-state index in [4.69, 9.17) is 11.6 Å². The molecule has 0 aliphatic carbocycles. The number of carbonyl (C=O) groups is 1. The Morgan fingerprint density at radius 3 is 2.67 bits per heavy atom. The number of nitrogens with zero attached hydrogens (tertiary/aromatic N) is 4. The Morgan fingerprint density at radius 2 is 1.96 bits per heavy atom. The van der Waals surface area contributed by atoms with Gasteiger partial charge in [-0.05, 0) is 56.3 Å². The fraction of sp³-hybridized carbons (Fsp3) is 0.476. The average molecular weight is 387 g/mol. The molecular weight excluding hydrogens is 360 g/mol. The number of aromatic nitrogens is 2. The van der Waals surface area contributed by atoms with Crippen LogP contribution < -0.4 is 0 Å². The molecule has 1 atom stereocenters. The lowest BCUT2D eigenvalue weighted by molar-refractivity contribution is 0.0729. The van der Waals surface area contributed by atoms with E-state index in [2.05, 4.69) is 27.0 Å². The van der Waals surface area contributed by atoms with Gasteiger partial charge in [0.25, 0.3) is 5.91 Å². The summed E-state index contributed by atoms with van der Waals surface area (Å²) in [7, 11) is 1.87. The lowest BCUT2D eigenvalue weighted by Crippen LogP contribution is -2.42. The monoisotopic (exact) mass is 386 g/mol. The number of carbonyl (C=O) groups excluding carboxylic acids is 1. The minimum atomic E-state index is -0.00622. The molecular formula is C21H27ClN4O. The Morgan fingerprint density at radius 1 is 1.26 bits per heavy atom. The molecule has 1 aromatic heterocycles. The van der Waals surface area contributed by atoms with Gasteiger partial charge in [-0.25, -0.2) is 9.97 Å². The molecule has 1 aliphatic rings. The topological polar surface area (TPSA) is 49.3 Å². The van der Waals surface area contributed by atoms with Gasteiger partial charge >= 0.3 is 0 Å². The van der Waals surface area contributed by atoms with Crippen molar-refractivity contribution in [1.29, 1.82) is 0 Å². The fourth-order valence-corrected chi connectivity index (χ4v) is 3.76. The van der Waals surface area contributed by atoms with Crippen LogP contribution in [0.2, 0.25) is 5.02 Å². The summed E-state index contributed by atoms with van der Waals surface area (Å²) < 4.78 is 0. The number of likely N-dealkylation sites (tertiary alicyclic amines) is 1. The maximum Gasteiger partial charge on any atom is 0.256 e. The minimum absolute atomic E-state index is 0.00622. The summed E-state index contributed by atoms with van der Waals surface area (Å²) in [5, 5.41) is 0.781. The molecule has 1 amide bonds. The zero-order valence-electron chi connectivity index (χ0n) is 16.1. The van der Waals surface area contributed by atoms with Crippen LogP contribution in [0.4, 0.5) is 0 Å². The van der Waals surface area contributed by atoms with E-state index in [9.17, 15) is 4.79 Å². The minimum Gasteiger partial charge on any atom is -0.341 e. The van der Waals surface area contributed by atoms with Crippen molar-refractivity contribution in [1.82, 2.24) is 19.8 Å². The van der Waals surface area contributed by atoms with E-state index in [-0.39, 0.29) is 5.91 Å². The number of benzene rings is 1. The summed E-state index contributed by atoms with van der Waals surface area (Å²) in [6.07, 6.45) is 6.60. The highest BCUT2D eigenvalue weighted by atomic mass is 35.5. The summed E-state index contributed by atoms with van der Waals surface area (Å²) >= 11 is 5.96. The number of halogens is 1. The number of aryl methyl sites for hydroxylation is 1. The summed E-state index contributed by atoms with van der Waals surface area (Å²) in [5.41, 5.74) is 1.87. The number of hydrogen-bond acceptors (Lipinski definition) is 4. The van der Waals surface area contributed by atoms with Crippen LogP contribution in [0.15, 0.2) is 36.7 Å². The molecule has 144 valence electrons. The van der Waals surface area contributed by atoms with Crippen LogP contribution in [-0.2, 0) is 6.42 Å². The molecule has 0 radical (unpaired) electrons. The van der Waals surface area contributed by atoms with Crippen molar-refractivity contribution in [3.63, 3.8) is 0 Å². The molecule has 6 heteroatoms. The molecule has 3 rings (SSSR count). The number of rotatable bonds is 6. The van der Waals surface area contributed by atoms with Crippen LogP contribution >= 0.6 is 11.6 Å². The van der Waals surface area contributed by atoms with Crippen LogP contribution in [0.1, 0.15) is 34.6 Å². The zero-order chi connectivity index (χ0) is 19.2. The first-order chi connectivity index (χ1) is 13.0. The third-order valence-electron chi connectivity index (χ3n) is 5.14. The Labute approximate surface area is 166 Å². The summed E-state index contributed by atoms with van der Waals surface area (Å²) in [6, 6.07) is 8.09. The molecule has 0 bridgehead atoms. The molecule has 1 fully saturated rings. The summed E-state index contributed by atoms with van der Waals surface area (Å²) in [6.45, 7) is 5.80. The zero-order valence-corrected chi connectivity index (χ0v) is 16.8. The average Bonchev–Trinajstić information content (AvgIpc) is 2.68. The van der Waals surface area contributed by atoms with Gasteiger partial charge in [0.15, 0.2) is 0 Å². The van der Waals surface area contributed by atoms with Gasteiger partial charge in [0.05, 0.1) is 5.56 Å². The normalized spacial score (nSPS) is 17.7. The third-order valence-corrected chi connectivity index (χ3v) is 5.39. The van der Waals surface area contributed by atoms with E-state index >= 15 is 0 Å². The first-order valence-electron chi connectivity index (χ1n) is 9.52. The van der Waals surface area contributed by atoms with Gasteiger partial charge in [0.1, 0.15) is 5.82 Å². The lowest BCUT2D eigenvalue weighted by atomic mass is 9.97. The number of amides is 1. The Hall–Kier alpha value is -1.98. The van der Waals surface area contributed by atoms with Gasteiger partial charge < -0.3 is 9.80 Å². The lowest BCUT2D eigenvalue weighted by Gasteiger charge is -2.34. The Kier molecular flexibility index (Phi) is 6.80. The van der Waals surface area contributed by atoms with Gasteiger partial charge in [-0.15, -0.1) is 0 Å². The van der Waals surface area contributed by atoms with E-state index < -0.39 is 0 Å². The van der Waals surface area contributed by atoms with Crippen LogP contribution in [0.25, 0.3) is 0 Å². The molecule has 1 aromatic carbocycles. The highest BCUT2D eigenvalue weighted by Crippen LogP contribution is 2.19. The predicted molar refractivity (Wildman–Crippen MR) is 108 cm³/mol. The molecule has 1 saturated heterocycles. The second-order valence-corrected chi connectivity index (χ2v) is 7.83. The Balaban J connectivity index is 1.49. The smallest absolute Gasteiger partial charge is 0.256 e. The van der Waals surface area contributed by atoms with Crippen molar-refractivity contribution in [3.8, 4) is 0 Å². The van der Waals surface area contributed by atoms with Gasteiger partial charge in [-0.1, -0.05) is 23.7 Å².